The lowest BCUT2D eigenvalue weighted by atomic mass is 9.87. The van der Waals surface area contributed by atoms with E-state index in [0.717, 1.165) is 25.7 Å². The largest absolute Gasteiger partial charge is 0.295 e. The van der Waals surface area contributed by atoms with Crippen LogP contribution in [0.25, 0.3) is 0 Å². The third-order valence-corrected chi connectivity index (χ3v) is 2.82. The first-order valence-electron chi connectivity index (χ1n) is 5.53. The molecule has 0 aliphatic heterocycles. The molecule has 0 spiro atoms. The zero-order chi connectivity index (χ0) is 9.68. The zero-order valence-electron chi connectivity index (χ0n) is 8.86. The maximum atomic E-state index is 11.7. The van der Waals surface area contributed by atoms with Crippen molar-refractivity contribution in [3.8, 4) is 0 Å². The summed E-state index contributed by atoms with van der Waals surface area (Å²) >= 11 is 0. The predicted molar refractivity (Wildman–Crippen MR) is 55.7 cm³/mol. The number of carbonyl (C=O) groups excluding carboxylic acids is 1. The average molecular weight is 180 g/mol. The van der Waals surface area contributed by atoms with E-state index in [1.165, 1.54) is 30.4 Å². The van der Waals surface area contributed by atoms with Crippen molar-refractivity contribution in [2.75, 3.05) is 0 Å². The summed E-state index contributed by atoms with van der Waals surface area (Å²) in [5.74, 6) is 0.416. The lowest BCUT2D eigenvalue weighted by Crippen LogP contribution is -2.09. The van der Waals surface area contributed by atoms with Crippen LogP contribution in [0.5, 0.6) is 0 Å². The number of hydrogen-bond acceptors (Lipinski definition) is 1. The summed E-state index contributed by atoms with van der Waals surface area (Å²) in [5, 5.41) is 0. The van der Waals surface area contributed by atoms with E-state index in [9.17, 15) is 4.79 Å². The van der Waals surface area contributed by atoms with Gasteiger partial charge >= 0.3 is 0 Å². The van der Waals surface area contributed by atoms with Gasteiger partial charge in [0.05, 0.1) is 0 Å². The van der Waals surface area contributed by atoms with Crippen molar-refractivity contribution in [3.63, 3.8) is 0 Å². The molecule has 0 fully saturated rings. The SMILES string of the molecule is CCCC(=O)C1=C(CC)CCCC1. The molecule has 0 aromatic heterocycles. The van der Waals surface area contributed by atoms with Gasteiger partial charge in [-0.15, -0.1) is 0 Å². The maximum absolute atomic E-state index is 11.7. The lowest BCUT2D eigenvalue weighted by Gasteiger charge is -2.18. The highest BCUT2D eigenvalue weighted by Gasteiger charge is 2.16. The Morgan fingerprint density at radius 1 is 1.23 bits per heavy atom. The molecule has 0 saturated heterocycles. The van der Waals surface area contributed by atoms with E-state index < -0.39 is 0 Å². The van der Waals surface area contributed by atoms with E-state index in [4.69, 9.17) is 0 Å². The zero-order valence-corrected chi connectivity index (χ0v) is 8.86. The molecule has 1 nitrogen and oxygen atoms in total. The molecule has 0 amide bonds. The first-order valence-corrected chi connectivity index (χ1v) is 5.53. The van der Waals surface area contributed by atoms with Crippen LogP contribution in [0.4, 0.5) is 0 Å². The summed E-state index contributed by atoms with van der Waals surface area (Å²) in [4.78, 5) is 11.7. The van der Waals surface area contributed by atoms with Gasteiger partial charge in [-0.2, -0.15) is 0 Å². The third kappa shape index (κ3) is 2.68. The molecule has 1 aliphatic rings. The predicted octanol–water partition coefficient (Wildman–Crippen LogP) is 3.64. The van der Waals surface area contributed by atoms with E-state index in [2.05, 4.69) is 13.8 Å². The monoisotopic (exact) mass is 180 g/mol. The normalized spacial score (nSPS) is 17.7. The number of Topliss-reactive ketones (excluding diaryl/α,β-unsaturated/α-hetero) is 1. The standard InChI is InChI=1S/C12H20O/c1-3-7-12(13)11-9-6-5-8-10(11)4-2/h3-9H2,1-2H3. The summed E-state index contributed by atoms with van der Waals surface area (Å²) in [6, 6.07) is 0. The van der Waals surface area contributed by atoms with Gasteiger partial charge in [-0.25, -0.2) is 0 Å². The third-order valence-electron chi connectivity index (χ3n) is 2.82. The molecular weight excluding hydrogens is 160 g/mol. The molecule has 0 radical (unpaired) electrons. The molecule has 1 heteroatoms. The van der Waals surface area contributed by atoms with Gasteiger partial charge in [0.15, 0.2) is 5.78 Å². The Bertz CT molecular complexity index is 213. The Morgan fingerprint density at radius 2 is 1.92 bits per heavy atom. The Morgan fingerprint density at radius 3 is 2.54 bits per heavy atom. The number of hydrogen-bond donors (Lipinski definition) is 0. The smallest absolute Gasteiger partial charge is 0.158 e. The van der Waals surface area contributed by atoms with Crippen LogP contribution >= 0.6 is 0 Å². The van der Waals surface area contributed by atoms with Crippen molar-refractivity contribution >= 4 is 5.78 Å². The highest BCUT2D eigenvalue weighted by atomic mass is 16.1. The highest BCUT2D eigenvalue weighted by Crippen LogP contribution is 2.28. The quantitative estimate of drug-likeness (QED) is 0.645. The maximum Gasteiger partial charge on any atom is 0.158 e. The lowest BCUT2D eigenvalue weighted by molar-refractivity contribution is -0.115. The van der Waals surface area contributed by atoms with Crippen molar-refractivity contribution in [2.24, 2.45) is 0 Å². The van der Waals surface area contributed by atoms with Crippen molar-refractivity contribution in [3.05, 3.63) is 11.1 Å². The molecule has 0 atom stereocenters. The van der Waals surface area contributed by atoms with Crippen molar-refractivity contribution < 1.29 is 4.79 Å². The van der Waals surface area contributed by atoms with Crippen molar-refractivity contribution in [2.45, 2.75) is 58.8 Å². The van der Waals surface area contributed by atoms with E-state index >= 15 is 0 Å². The summed E-state index contributed by atoms with van der Waals surface area (Å²) in [6.45, 7) is 4.24. The second-order valence-corrected chi connectivity index (χ2v) is 3.82. The Kier molecular flexibility index (Phi) is 4.20. The molecule has 0 saturated carbocycles. The Hall–Kier alpha value is -0.590. The molecule has 13 heavy (non-hydrogen) atoms. The summed E-state index contributed by atoms with van der Waals surface area (Å²) in [7, 11) is 0. The number of rotatable bonds is 4. The molecule has 0 unspecified atom stereocenters. The van der Waals surface area contributed by atoms with Gasteiger partial charge in [0, 0.05) is 6.42 Å². The Balaban J connectivity index is 2.72. The van der Waals surface area contributed by atoms with Crippen LogP contribution in [0, 0.1) is 0 Å². The molecule has 0 heterocycles. The molecule has 0 aromatic rings. The van der Waals surface area contributed by atoms with Crippen LogP contribution in [-0.2, 0) is 4.79 Å². The molecule has 74 valence electrons. The minimum absolute atomic E-state index is 0.416. The van der Waals surface area contributed by atoms with E-state index in [-0.39, 0.29) is 0 Å². The molecular formula is C12H20O. The van der Waals surface area contributed by atoms with E-state index in [1.54, 1.807) is 0 Å². The fourth-order valence-corrected chi connectivity index (χ4v) is 2.07. The van der Waals surface area contributed by atoms with Crippen LogP contribution < -0.4 is 0 Å². The van der Waals surface area contributed by atoms with Gasteiger partial charge in [0.2, 0.25) is 0 Å². The Labute approximate surface area is 81.2 Å². The first kappa shape index (κ1) is 10.5. The fourth-order valence-electron chi connectivity index (χ4n) is 2.07. The van der Waals surface area contributed by atoms with Crippen LogP contribution in [0.15, 0.2) is 11.1 Å². The highest BCUT2D eigenvalue weighted by molar-refractivity contribution is 5.96. The minimum atomic E-state index is 0.416. The summed E-state index contributed by atoms with van der Waals surface area (Å²) in [6.07, 6.45) is 7.52. The van der Waals surface area contributed by atoms with Crippen molar-refractivity contribution in [1.82, 2.24) is 0 Å². The van der Waals surface area contributed by atoms with Gasteiger partial charge in [-0.05, 0) is 44.1 Å². The fraction of sp³-hybridized carbons (Fsp3) is 0.750. The second kappa shape index (κ2) is 5.21. The topological polar surface area (TPSA) is 17.1 Å². The number of carbonyl (C=O) groups is 1. The van der Waals surface area contributed by atoms with Gasteiger partial charge in [-0.1, -0.05) is 19.4 Å². The first-order chi connectivity index (χ1) is 6.29. The minimum Gasteiger partial charge on any atom is -0.295 e. The van der Waals surface area contributed by atoms with Gasteiger partial charge in [0.1, 0.15) is 0 Å². The second-order valence-electron chi connectivity index (χ2n) is 3.82. The van der Waals surface area contributed by atoms with Crippen LogP contribution in [0.2, 0.25) is 0 Å². The molecule has 0 N–H and O–H groups in total. The number of ketones is 1. The van der Waals surface area contributed by atoms with Crippen molar-refractivity contribution in [1.29, 1.82) is 0 Å². The van der Waals surface area contributed by atoms with Gasteiger partial charge < -0.3 is 0 Å². The van der Waals surface area contributed by atoms with Crippen LogP contribution in [-0.4, -0.2) is 5.78 Å². The summed E-state index contributed by atoms with van der Waals surface area (Å²) in [5.41, 5.74) is 2.61. The van der Waals surface area contributed by atoms with E-state index in [0.29, 0.717) is 5.78 Å². The molecule has 0 bridgehead atoms. The summed E-state index contributed by atoms with van der Waals surface area (Å²) < 4.78 is 0. The molecule has 0 aromatic carbocycles. The van der Waals surface area contributed by atoms with E-state index in [1.807, 2.05) is 0 Å². The van der Waals surface area contributed by atoms with Crippen LogP contribution in [0.3, 0.4) is 0 Å². The molecule has 1 aliphatic carbocycles. The number of allylic oxidation sites excluding steroid dienone is 2. The molecule has 1 rings (SSSR count). The van der Waals surface area contributed by atoms with Gasteiger partial charge in [-0.3, -0.25) is 4.79 Å². The van der Waals surface area contributed by atoms with Gasteiger partial charge in [0.25, 0.3) is 0 Å². The average Bonchev–Trinajstić information content (AvgIpc) is 2.18. The van der Waals surface area contributed by atoms with Crippen LogP contribution in [0.1, 0.15) is 58.8 Å².